The highest BCUT2D eigenvalue weighted by Gasteiger charge is 2.28. The first-order valence-electron chi connectivity index (χ1n) is 9.76. The number of para-hydroxylation sites is 1. The molecule has 0 saturated carbocycles. The lowest BCUT2D eigenvalue weighted by Gasteiger charge is -2.27. The number of nitrogens with zero attached hydrogens (tertiary/aromatic N) is 5. The van der Waals surface area contributed by atoms with Crippen molar-refractivity contribution in [2.24, 2.45) is 7.05 Å². The van der Waals surface area contributed by atoms with E-state index >= 15 is 0 Å². The number of hydrogen-bond acceptors (Lipinski definition) is 4. The molecule has 2 aromatic heterocycles. The van der Waals surface area contributed by atoms with Gasteiger partial charge in [0.2, 0.25) is 5.78 Å². The average molecular weight is 383 g/mol. The molecule has 1 aliphatic rings. The van der Waals surface area contributed by atoms with E-state index < -0.39 is 0 Å². The lowest BCUT2D eigenvalue weighted by Crippen LogP contribution is -2.29. The summed E-state index contributed by atoms with van der Waals surface area (Å²) in [6, 6.07) is 16.4. The summed E-state index contributed by atoms with van der Waals surface area (Å²) in [6.45, 7) is 1.09. The smallest absolute Gasteiger partial charge is 0.262 e. The van der Waals surface area contributed by atoms with Gasteiger partial charge in [0.15, 0.2) is 5.82 Å². The molecule has 0 amide bonds. The van der Waals surface area contributed by atoms with Crippen LogP contribution in [0.5, 0.6) is 0 Å². The summed E-state index contributed by atoms with van der Waals surface area (Å²) in [4.78, 5) is 14.9. The Kier molecular flexibility index (Phi) is 4.18. The van der Waals surface area contributed by atoms with Crippen LogP contribution in [-0.2, 0) is 20.0 Å². The van der Waals surface area contributed by atoms with Crippen LogP contribution in [0.25, 0.3) is 16.7 Å². The topological polar surface area (TPSA) is 55.4 Å². The second kappa shape index (κ2) is 6.87. The van der Waals surface area contributed by atoms with Gasteiger partial charge in [-0.2, -0.15) is 0 Å². The Bertz CT molecular complexity index is 1330. The van der Waals surface area contributed by atoms with E-state index in [-0.39, 0.29) is 11.6 Å². The van der Waals surface area contributed by atoms with Crippen molar-refractivity contribution in [3.05, 3.63) is 75.8 Å². The zero-order chi connectivity index (χ0) is 20.0. The molecule has 0 aliphatic heterocycles. The van der Waals surface area contributed by atoms with Gasteiger partial charge in [-0.25, -0.2) is 0 Å². The van der Waals surface area contributed by atoms with Crippen molar-refractivity contribution in [3.63, 3.8) is 0 Å². The van der Waals surface area contributed by atoms with Gasteiger partial charge in [-0.15, -0.1) is 16.6 Å². The number of benzene rings is 2. The van der Waals surface area contributed by atoms with Crippen molar-refractivity contribution in [2.75, 3.05) is 6.54 Å². The van der Waals surface area contributed by atoms with Gasteiger partial charge >= 0.3 is 0 Å². The molecule has 0 fully saturated rings. The molecule has 5 rings (SSSR count). The Balaban J connectivity index is 1.63. The molecule has 6 nitrogen and oxygen atoms in total. The number of fused-ring (bicyclic) bond motifs is 4. The fourth-order valence-corrected chi connectivity index (χ4v) is 4.48. The third-order valence-corrected chi connectivity index (χ3v) is 5.87. The van der Waals surface area contributed by atoms with E-state index in [4.69, 9.17) is 6.42 Å². The highest BCUT2D eigenvalue weighted by atomic mass is 16.1. The van der Waals surface area contributed by atoms with Crippen LogP contribution in [0.4, 0.5) is 0 Å². The first kappa shape index (κ1) is 17.7. The third-order valence-electron chi connectivity index (χ3n) is 5.87. The van der Waals surface area contributed by atoms with Gasteiger partial charge in [-0.3, -0.25) is 18.7 Å². The predicted octanol–water partition coefficient (Wildman–Crippen LogP) is 2.70. The second-order valence-corrected chi connectivity index (χ2v) is 7.50. The number of hydrogen-bond donors (Lipinski definition) is 0. The first-order valence-corrected chi connectivity index (χ1v) is 9.76. The quantitative estimate of drug-likeness (QED) is 0.509. The molecular formula is C23H21N5O. The van der Waals surface area contributed by atoms with E-state index in [2.05, 4.69) is 45.3 Å². The van der Waals surface area contributed by atoms with Crippen LogP contribution < -0.4 is 5.56 Å². The van der Waals surface area contributed by atoms with Crippen LogP contribution in [0.1, 0.15) is 29.4 Å². The van der Waals surface area contributed by atoms with Crippen LogP contribution in [0.15, 0.2) is 53.3 Å². The number of terminal acetylenes is 1. The summed E-state index contributed by atoms with van der Waals surface area (Å²) < 4.78 is 3.52. The maximum absolute atomic E-state index is 12.7. The van der Waals surface area contributed by atoms with E-state index in [1.54, 1.807) is 11.6 Å². The minimum absolute atomic E-state index is 0.0720. The minimum atomic E-state index is -0.0720. The van der Waals surface area contributed by atoms with Crippen LogP contribution in [-0.4, -0.2) is 30.6 Å². The molecule has 1 atom stereocenters. The van der Waals surface area contributed by atoms with Gasteiger partial charge in [0.25, 0.3) is 5.56 Å². The summed E-state index contributed by atoms with van der Waals surface area (Å²) in [5.74, 6) is 4.13. The summed E-state index contributed by atoms with van der Waals surface area (Å²) in [5, 5.41) is 9.40. The second-order valence-electron chi connectivity index (χ2n) is 7.50. The fourth-order valence-electron chi connectivity index (χ4n) is 4.48. The Morgan fingerprint density at radius 3 is 2.83 bits per heavy atom. The molecule has 0 N–H and O–H groups in total. The molecule has 1 unspecified atom stereocenters. The van der Waals surface area contributed by atoms with Crippen molar-refractivity contribution < 1.29 is 0 Å². The molecule has 0 saturated heterocycles. The van der Waals surface area contributed by atoms with Crippen molar-refractivity contribution in [1.82, 2.24) is 24.1 Å². The third kappa shape index (κ3) is 2.74. The fraction of sp³-hybridized carbons (Fsp3) is 0.261. The van der Waals surface area contributed by atoms with Crippen molar-refractivity contribution in [1.29, 1.82) is 0 Å². The first-order chi connectivity index (χ1) is 14.2. The Morgan fingerprint density at radius 2 is 1.97 bits per heavy atom. The predicted molar refractivity (Wildman–Crippen MR) is 112 cm³/mol. The molecule has 2 aromatic carbocycles. The largest absolute Gasteiger partial charge is 0.279 e. The van der Waals surface area contributed by atoms with Crippen LogP contribution >= 0.6 is 0 Å². The molecule has 29 heavy (non-hydrogen) atoms. The highest BCUT2D eigenvalue weighted by Crippen LogP contribution is 2.36. The zero-order valence-corrected chi connectivity index (χ0v) is 16.2. The van der Waals surface area contributed by atoms with Gasteiger partial charge in [-0.1, -0.05) is 42.3 Å². The van der Waals surface area contributed by atoms with E-state index in [0.717, 1.165) is 24.2 Å². The summed E-state index contributed by atoms with van der Waals surface area (Å²) in [5.41, 5.74) is 3.47. The monoisotopic (exact) mass is 383 g/mol. The molecule has 4 aromatic rings. The van der Waals surface area contributed by atoms with Gasteiger partial charge < -0.3 is 0 Å². The van der Waals surface area contributed by atoms with E-state index in [1.165, 1.54) is 11.1 Å². The van der Waals surface area contributed by atoms with E-state index in [9.17, 15) is 4.79 Å². The minimum Gasteiger partial charge on any atom is -0.279 e. The standard InChI is InChI=1S/C23H21N5O/c1-3-14-27(19-13-12-16-8-4-5-9-17(16)19)15-21-24-25-23-26(2)22(29)18-10-6-7-11-20(18)28(21)23/h1,4-11,19H,12-15H2,2H3. The van der Waals surface area contributed by atoms with Gasteiger partial charge in [0.05, 0.1) is 24.0 Å². The number of rotatable bonds is 4. The Hall–Kier alpha value is -3.43. The summed E-state index contributed by atoms with van der Waals surface area (Å²) in [7, 11) is 1.73. The normalized spacial score (nSPS) is 15.8. The maximum Gasteiger partial charge on any atom is 0.262 e. The van der Waals surface area contributed by atoms with Crippen LogP contribution in [0.2, 0.25) is 0 Å². The molecular weight excluding hydrogens is 362 g/mol. The van der Waals surface area contributed by atoms with Gasteiger partial charge in [-0.05, 0) is 36.1 Å². The van der Waals surface area contributed by atoms with Crippen molar-refractivity contribution in [2.45, 2.75) is 25.4 Å². The van der Waals surface area contributed by atoms with Crippen molar-refractivity contribution in [3.8, 4) is 12.3 Å². The van der Waals surface area contributed by atoms with Crippen molar-refractivity contribution >= 4 is 16.7 Å². The molecule has 144 valence electrons. The molecule has 0 bridgehead atoms. The molecule has 0 spiro atoms. The van der Waals surface area contributed by atoms with Crippen LogP contribution in [0.3, 0.4) is 0 Å². The summed E-state index contributed by atoms with van der Waals surface area (Å²) in [6.07, 6.45) is 7.81. The average Bonchev–Trinajstić information content (AvgIpc) is 3.36. The van der Waals surface area contributed by atoms with E-state index in [1.807, 2.05) is 28.7 Å². The molecule has 6 heteroatoms. The molecule has 2 heterocycles. The van der Waals surface area contributed by atoms with Crippen LogP contribution in [0, 0.1) is 12.3 Å². The summed E-state index contributed by atoms with van der Waals surface area (Å²) >= 11 is 0. The van der Waals surface area contributed by atoms with Gasteiger partial charge in [0, 0.05) is 13.1 Å². The SMILES string of the molecule is C#CCN(Cc1nnc2n(C)c(=O)c3ccccc3n12)C1CCc2ccccc21. The maximum atomic E-state index is 12.7. The molecule has 0 radical (unpaired) electrons. The number of aryl methyl sites for hydroxylation is 2. The van der Waals surface area contributed by atoms with Gasteiger partial charge in [0.1, 0.15) is 0 Å². The lowest BCUT2D eigenvalue weighted by molar-refractivity contribution is 0.207. The van der Waals surface area contributed by atoms with E-state index in [0.29, 0.717) is 24.3 Å². The molecule has 1 aliphatic carbocycles. The lowest BCUT2D eigenvalue weighted by atomic mass is 10.1. The Morgan fingerprint density at radius 1 is 1.17 bits per heavy atom. The number of aromatic nitrogens is 4. The zero-order valence-electron chi connectivity index (χ0n) is 16.2. The highest BCUT2D eigenvalue weighted by molar-refractivity contribution is 5.80. The Labute approximate surface area is 168 Å².